The molecule has 0 atom stereocenters. The molecule has 1 heterocycles. The van der Waals surface area contributed by atoms with E-state index < -0.39 is 5.67 Å². The van der Waals surface area contributed by atoms with Gasteiger partial charge in [-0.2, -0.15) is 0 Å². The van der Waals surface area contributed by atoms with Gasteiger partial charge in [0.1, 0.15) is 0 Å². The molecule has 0 radical (unpaired) electrons. The Morgan fingerprint density at radius 1 is 1.23 bits per heavy atom. The number of rotatable bonds is 1. The lowest BCUT2D eigenvalue weighted by Gasteiger charge is -2.35. The van der Waals surface area contributed by atoms with E-state index in [2.05, 4.69) is 27.9 Å². The van der Waals surface area contributed by atoms with Gasteiger partial charge in [0.15, 0.2) is 5.67 Å². The molecule has 0 saturated carbocycles. The Morgan fingerprint density at radius 2 is 1.77 bits per heavy atom. The molecule has 0 aromatic heterocycles. The van der Waals surface area contributed by atoms with Crippen molar-refractivity contribution in [1.29, 1.82) is 0 Å². The summed E-state index contributed by atoms with van der Waals surface area (Å²) in [4.78, 5) is 0. The van der Waals surface area contributed by atoms with Crippen LogP contribution in [0.5, 0.6) is 0 Å². The molecular weight excluding hydrogens is 303 g/mol. The average molecular weight is 314 g/mol. The number of hydrogen-bond donors (Lipinski definition) is 1. The molecule has 1 aliphatic rings. The van der Waals surface area contributed by atoms with Crippen LogP contribution in [-0.2, 0) is 5.67 Å². The summed E-state index contributed by atoms with van der Waals surface area (Å²) in [5.74, 6) is 0. The van der Waals surface area contributed by atoms with Gasteiger partial charge in [-0.15, -0.1) is 12.4 Å². The van der Waals surface area contributed by atoms with Crippen molar-refractivity contribution < 1.29 is 4.39 Å². The van der Waals surface area contributed by atoms with Gasteiger partial charge in [0.05, 0.1) is 0 Å². The third kappa shape index (κ3) is 2.14. The third-order valence-corrected chi connectivity index (χ3v) is 2.89. The zero-order chi connectivity index (χ0) is 8.60. The second kappa shape index (κ2) is 4.11. The molecule has 0 bridgehead atoms. The smallest absolute Gasteiger partial charge is 0.160 e. The summed E-state index contributed by atoms with van der Waals surface area (Å²) >= 11 is 2.22. The summed E-state index contributed by atoms with van der Waals surface area (Å²) in [6.07, 6.45) is 0. The maximum Gasteiger partial charge on any atom is 0.160 e. The Bertz CT molecular complexity index is 284. The molecule has 1 nitrogen and oxygen atoms in total. The number of nitrogens with one attached hydrogen (secondary N) is 1. The van der Waals surface area contributed by atoms with Crippen molar-refractivity contribution in [1.82, 2.24) is 5.32 Å². The topological polar surface area (TPSA) is 12.0 Å². The molecule has 1 aromatic rings. The van der Waals surface area contributed by atoms with Crippen molar-refractivity contribution in [2.75, 3.05) is 13.1 Å². The van der Waals surface area contributed by atoms with Crippen LogP contribution in [0.2, 0.25) is 0 Å². The zero-order valence-corrected chi connectivity index (χ0v) is 9.86. The lowest BCUT2D eigenvalue weighted by atomic mass is 9.90. The molecule has 1 fully saturated rings. The van der Waals surface area contributed by atoms with Gasteiger partial charge in [-0.25, -0.2) is 4.39 Å². The van der Waals surface area contributed by atoms with Crippen molar-refractivity contribution in [3.05, 3.63) is 33.4 Å². The molecule has 4 heteroatoms. The molecule has 72 valence electrons. The van der Waals surface area contributed by atoms with Crippen LogP contribution in [0.25, 0.3) is 0 Å². The van der Waals surface area contributed by atoms with Gasteiger partial charge in [-0.1, -0.05) is 12.1 Å². The second-order valence-corrected chi connectivity index (χ2v) is 4.32. The average Bonchev–Trinajstić information content (AvgIpc) is 2.02. The van der Waals surface area contributed by atoms with Crippen molar-refractivity contribution in [3.8, 4) is 0 Å². The van der Waals surface area contributed by atoms with E-state index in [1.807, 2.05) is 24.3 Å². The lowest BCUT2D eigenvalue weighted by Crippen LogP contribution is -2.53. The normalized spacial score (nSPS) is 18.6. The molecule has 1 aromatic carbocycles. The molecule has 0 aliphatic carbocycles. The van der Waals surface area contributed by atoms with Gasteiger partial charge in [0, 0.05) is 16.7 Å². The molecule has 1 N–H and O–H groups in total. The van der Waals surface area contributed by atoms with Crippen LogP contribution in [0.15, 0.2) is 24.3 Å². The first-order chi connectivity index (χ1) is 5.71. The van der Waals surface area contributed by atoms with Gasteiger partial charge in [-0.3, -0.25) is 0 Å². The van der Waals surface area contributed by atoms with E-state index in [0.29, 0.717) is 13.1 Å². The lowest BCUT2D eigenvalue weighted by molar-refractivity contribution is 0.0891. The molecule has 1 saturated heterocycles. The van der Waals surface area contributed by atoms with Gasteiger partial charge >= 0.3 is 0 Å². The molecule has 0 unspecified atom stereocenters. The fraction of sp³-hybridized carbons (Fsp3) is 0.333. The maximum absolute atomic E-state index is 13.7. The first-order valence-corrected chi connectivity index (χ1v) is 4.94. The van der Waals surface area contributed by atoms with E-state index in [0.717, 1.165) is 9.13 Å². The van der Waals surface area contributed by atoms with Crippen LogP contribution in [-0.4, -0.2) is 13.1 Å². The van der Waals surface area contributed by atoms with E-state index in [-0.39, 0.29) is 12.4 Å². The van der Waals surface area contributed by atoms with E-state index in [9.17, 15) is 4.39 Å². The van der Waals surface area contributed by atoms with Gasteiger partial charge in [-0.05, 0) is 40.3 Å². The molecule has 0 amide bonds. The number of halogens is 3. The summed E-state index contributed by atoms with van der Waals surface area (Å²) < 4.78 is 14.9. The van der Waals surface area contributed by atoms with Crippen molar-refractivity contribution in [2.45, 2.75) is 5.67 Å². The monoisotopic (exact) mass is 313 g/mol. The van der Waals surface area contributed by atoms with Crippen LogP contribution in [0.3, 0.4) is 0 Å². The summed E-state index contributed by atoms with van der Waals surface area (Å²) in [6.45, 7) is 0.904. The Hall–Kier alpha value is 0.130. The minimum atomic E-state index is -1.11. The maximum atomic E-state index is 13.7. The summed E-state index contributed by atoms with van der Waals surface area (Å²) in [7, 11) is 0. The second-order valence-electron chi connectivity index (χ2n) is 3.08. The van der Waals surface area contributed by atoms with E-state index in [1.54, 1.807) is 0 Å². The third-order valence-electron chi connectivity index (χ3n) is 2.17. The van der Waals surface area contributed by atoms with Crippen molar-refractivity contribution in [2.24, 2.45) is 0 Å². The highest BCUT2D eigenvalue weighted by Crippen LogP contribution is 2.29. The quantitative estimate of drug-likeness (QED) is 0.786. The van der Waals surface area contributed by atoms with Crippen LogP contribution in [0.4, 0.5) is 4.39 Å². The predicted octanol–water partition coefficient (Wildman–Crippen LogP) is 2.48. The van der Waals surface area contributed by atoms with Gasteiger partial charge in [0.2, 0.25) is 0 Å². The van der Waals surface area contributed by atoms with E-state index in [1.165, 1.54) is 0 Å². The van der Waals surface area contributed by atoms with Crippen molar-refractivity contribution in [3.63, 3.8) is 0 Å². The zero-order valence-electron chi connectivity index (χ0n) is 6.89. The Labute approximate surface area is 96.7 Å². The minimum absolute atomic E-state index is 0. The fourth-order valence-electron chi connectivity index (χ4n) is 1.30. The molecule has 2 rings (SSSR count). The largest absolute Gasteiger partial charge is 0.310 e. The highest BCUT2D eigenvalue weighted by atomic mass is 127. The molecule has 13 heavy (non-hydrogen) atoms. The Kier molecular flexibility index (Phi) is 3.54. The Balaban J connectivity index is 0.000000845. The summed E-state index contributed by atoms with van der Waals surface area (Å²) in [5, 5.41) is 2.94. The van der Waals surface area contributed by atoms with Crippen molar-refractivity contribution >= 4 is 35.0 Å². The first-order valence-electron chi connectivity index (χ1n) is 3.86. The van der Waals surface area contributed by atoms with Crippen LogP contribution in [0, 0.1) is 3.57 Å². The summed E-state index contributed by atoms with van der Waals surface area (Å²) in [6, 6.07) is 7.61. The fourth-order valence-corrected chi connectivity index (χ4v) is 1.66. The SMILES string of the molecule is Cl.FC1(c2ccc(I)cc2)CNC1. The Morgan fingerprint density at radius 3 is 2.15 bits per heavy atom. The first kappa shape index (κ1) is 11.2. The van der Waals surface area contributed by atoms with Crippen LogP contribution < -0.4 is 5.32 Å². The molecule has 0 spiro atoms. The predicted molar refractivity (Wildman–Crippen MR) is 62.1 cm³/mol. The molecular formula is C9H10ClFIN. The van der Waals surface area contributed by atoms with E-state index in [4.69, 9.17) is 0 Å². The molecule has 1 aliphatic heterocycles. The number of benzene rings is 1. The number of alkyl halides is 1. The van der Waals surface area contributed by atoms with E-state index >= 15 is 0 Å². The summed E-state index contributed by atoms with van der Waals surface area (Å²) in [5.41, 5.74) is -0.314. The number of hydrogen-bond acceptors (Lipinski definition) is 1. The minimum Gasteiger partial charge on any atom is -0.310 e. The standard InChI is InChI=1S/C9H9FIN.ClH/c10-9(5-12-6-9)7-1-3-8(11)4-2-7;/h1-4,12H,5-6H2;1H. The highest BCUT2D eigenvalue weighted by Gasteiger charge is 2.38. The van der Waals surface area contributed by atoms with Gasteiger partial charge in [0.25, 0.3) is 0 Å². The van der Waals surface area contributed by atoms with Crippen LogP contribution in [0.1, 0.15) is 5.56 Å². The highest BCUT2D eigenvalue weighted by molar-refractivity contribution is 14.1. The van der Waals surface area contributed by atoms with Crippen LogP contribution >= 0.6 is 35.0 Å². The van der Waals surface area contributed by atoms with Gasteiger partial charge < -0.3 is 5.32 Å².